The predicted octanol–water partition coefficient (Wildman–Crippen LogP) is 3.58. The van der Waals surface area contributed by atoms with Crippen LogP contribution in [-0.2, 0) is 10.0 Å². The first kappa shape index (κ1) is 19.7. The van der Waals surface area contributed by atoms with Crippen LogP contribution in [0.2, 0.25) is 0 Å². The summed E-state index contributed by atoms with van der Waals surface area (Å²) in [6.45, 7) is 0. The summed E-state index contributed by atoms with van der Waals surface area (Å²) in [6, 6.07) is 20.9. The van der Waals surface area contributed by atoms with Crippen LogP contribution < -0.4 is 10.3 Å². The minimum Gasteiger partial charge on any atom is -0.312 e. The van der Waals surface area contributed by atoms with Gasteiger partial charge in [-0.25, -0.2) is 18.4 Å². The molecule has 0 amide bonds. The molecule has 3 aromatic heterocycles. The molecular weight excluding hydrogens is 426 g/mol. The largest absolute Gasteiger partial charge is 0.312 e. The number of aromatic amines is 1. The average Bonchev–Trinajstić information content (AvgIpc) is 3.21. The zero-order valence-electron chi connectivity index (χ0n) is 16.6. The fourth-order valence-corrected chi connectivity index (χ4v) is 4.52. The molecule has 2 N–H and O–H groups in total. The molecule has 0 radical (unpaired) electrons. The van der Waals surface area contributed by atoms with Crippen molar-refractivity contribution in [1.29, 1.82) is 0 Å². The Labute approximate surface area is 183 Å². The molecule has 0 bridgehead atoms. The van der Waals surface area contributed by atoms with Gasteiger partial charge in [0.05, 0.1) is 16.6 Å². The fourth-order valence-electron chi connectivity index (χ4n) is 3.51. The van der Waals surface area contributed by atoms with Crippen LogP contribution in [0, 0.1) is 0 Å². The van der Waals surface area contributed by atoms with E-state index in [0.29, 0.717) is 16.7 Å². The lowest BCUT2D eigenvalue weighted by atomic mass is 10.1. The van der Waals surface area contributed by atoms with Crippen molar-refractivity contribution < 1.29 is 8.42 Å². The van der Waals surface area contributed by atoms with Crippen molar-refractivity contribution in [3.8, 4) is 16.8 Å². The second-order valence-electron chi connectivity index (χ2n) is 7.02. The first-order chi connectivity index (χ1) is 15.5. The molecule has 158 valence electrons. The van der Waals surface area contributed by atoms with Crippen molar-refractivity contribution in [2.45, 2.75) is 4.90 Å². The first-order valence-electron chi connectivity index (χ1n) is 9.71. The molecule has 5 rings (SSSR count). The van der Waals surface area contributed by atoms with E-state index in [-0.39, 0.29) is 16.3 Å². The number of pyridine rings is 1. The number of nitrogens with zero attached hydrogens (tertiary/aromatic N) is 3. The Morgan fingerprint density at radius 1 is 0.875 bits per heavy atom. The molecule has 0 spiro atoms. The maximum absolute atomic E-state index is 12.7. The van der Waals surface area contributed by atoms with E-state index in [1.54, 1.807) is 34.9 Å². The highest BCUT2D eigenvalue weighted by molar-refractivity contribution is 7.92. The minimum absolute atomic E-state index is 0.0949. The van der Waals surface area contributed by atoms with E-state index in [0.717, 1.165) is 11.1 Å². The van der Waals surface area contributed by atoms with Crippen molar-refractivity contribution >= 4 is 26.9 Å². The van der Waals surface area contributed by atoms with Gasteiger partial charge < -0.3 is 9.55 Å². The van der Waals surface area contributed by atoms with E-state index >= 15 is 0 Å². The van der Waals surface area contributed by atoms with Gasteiger partial charge in [-0.1, -0.05) is 36.4 Å². The fraction of sp³-hybridized carbons (Fsp3) is 0. The van der Waals surface area contributed by atoms with Crippen LogP contribution >= 0.6 is 0 Å². The van der Waals surface area contributed by atoms with E-state index in [1.807, 2.05) is 36.5 Å². The van der Waals surface area contributed by atoms with Crippen LogP contribution in [-0.4, -0.2) is 27.9 Å². The molecule has 5 aromatic rings. The van der Waals surface area contributed by atoms with Gasteiger partial charge in [0.1, 0.15) is 5.82 Å². The standard InChI is InChI=1S/C23H17N5O3S/c29-23-21-19(16-6-2-1-3-7-16)14-28(22(21)25-15-26-23)17-9-11-18(12-10-17)32(30,31)27-20-8-4-5-13-24-20/h1-15H,(H,24,27)(H,25,26,29). The van der Waals surface area contributed by atoms with Gasteiger partial charge in [0, 0.05) is 23.6 Å². The molecule has 0 saturated heterocycles. The van der Waals surface area contributed by atoms with Gasteiger partial charge in [-0.2, -0.15) is 0 Å². The SMILES string of the molecule is O=c1[nH]cnc2c1c(-c1ccccc1)cn2-c1ccc(S(=O)(=O)Nc2ccccn2)cc1. The lowest BCUT2D eigenvalue weighted by Gasteiger charge is -2.09. The van der Waals surface area contributed by atoms with Gasteiger partial charge in [0.2, 0.25) is 0 Å². The van der Waals surface area contributed by atoms with Crippen molar-refractivity contribution in [1.82, 2.24) is 19.5 Å². The molecular formula is C23H17N5O3S. The van der Waals surface area contributed by atoms with Crippen molar-refractivity contribution in [2.24, 2.45) is 0 Å². The minimum atomic E-state index is -3.79. The molecule has 0 atom stereocenters. The van der Waals surface area contributed by atoms with E-state index in [1.165, 1.54) is 24.7 Å². The summed E-state index contributed by atoms with van der Waals surface area (Å²) in [6.07, 6.45) is 4.70. The number of benzene rings is 2. The highest BCUT2D eigenvalue weighted by Crippen LogP contribution is 2.29. The first-order valence-corrected chi connectivity index (χ1v) is 11.2. The Kier molecular flexibility index (Phi) is 4.79. The Morgan fingerprint density at radius 2 is 1.62 bits per heavy atom. The number of hydrogen-bond acceptors (Lipinski definition) is 5. The Bertz CT molecular complexity index is 1560. The van der Waals surface area contributed by atoms with Gasteiger partial charge in [-0.3, -0.25) is 9.52 Å². The third-order valence-corrected chi connectivity index (χ3v) is 6.37. The van der Waals surface area contributed by atoms with Crippen LogP contribution in [0.1, 0.15) is 0 Å². The van der Waals surface area contributed by atoms with Crippen LogP contribution in [0.5, 0.6) is 0 Å². The van der Waals surface area contributed by atoms with Gasteiger partial charge in [-0.15, -0.1) is 0 Å². The van der Waals surface area contributed by atoms with Crippen molar-refractivity contribution in [2.75, 3.05) is 4.72 Å². The second kappa shape index (κ2) is 7.78. The maximum atomic E-state index is 12.7. The molecule has 2 aromatic carbocycles. The number of anilines is 1. The smallest absolute Gasteiger partial charge is 0.263 e. The van der Waals surface area contributed by atoms with E-state index < -0.39 is 10.0 Å². The molecule has 3 heterocycles. The molecule has 0 unspecified atom stereocenters. The monoisotopic (exact) mass is 443 g/mol. The molecule has 0 aliphatic carbocycles. The van der Waals surface area contributed by atoms with Crippen LogP contribution in [0.25, 0.3) is 27.8 Å². The summed E-state index contributed by atoms with van der Waals surface area (Å²) in [7, 11) is -3.79. The number of hydrogen-bond donors (Lipinski definition) is 2. The normalized spacial score (nSPS) is 11.5. The maximum Gasteiger partial charge on any atom is 0.263 e. The number of rotatable bonds is 5. The number of H-pyrrole nitrogens is 1. The van der Waals surface area contributed by atoms with Gasteiger partial charge in [0.25, 0.3) is 15.6 Å². The number of fused-ring (bicyclic) bond motifs is 1. The molecule has 0 aliphatic heterocycles. The number of aromatic nitrogens is 4. The molecule has 8 nitrogen and oxygen atoms in total. The Hall–Kier alpha value is -4.24. The summed E-state index contributed by atoms with van der Waals surface area (Å²) in [5.41, 5.74) is 2.53. The van der Waals surface area contributed by atoms with Crippen LogP contribution in [0.3, 0.4) is 0 Å². The van der Waals surface area contributed by atoms with Gasteiger partial charge in [0.15, 0.2) is 5.65 Å². The lowest BCUT2D eigenvalue weighted by molar-refractivity contribution is 0.601. The molecule has 0 saturated carbocycles. The molecule has 9 heteroatoms. The zero-order valence-corrected chi connectivity index (χ0v) is 17.5. The molecule has 32 heavy (non-hydrogen) atoms. The summed E-state index contributed by atoms with van der Waals surface area (Å²) in [5, 5.41) is 0.465. The Morgan fingerprint density at radius 3 is 2.34 bits per heavy atom. The zero-order chi connectivity index (χ0) is 22.1. The number of sulfonamides is 1. The predicted molar refractivity (Wildman–Crippen MR) is 122 cm³/mol. The number of nitrogens with one attached hydrogen (secondary N) is 2. The summed E-state index contributed by atoms with van der Waals surface area (Å²) < 4.78 is 29.6. The van der Waals surface area contributed by atoms with E-state index in [9.17, 15) is 13.2 Å². The summed E-state index contributed by atoms with van der Waals surface area (Å²) in [4.78, 5) is 23.7. The quantitative estimate of drug-likeness (QED) is 0.432. The van der Waals surface area contributed by atoms with Crippen molar-refractivity contribution in [3.63, 3.8) is 0 Å². The summed E-state index contributed by atoms with van der Waals surface area (Å²) >= 11 is 0. The third kappa shape index (κ3) is 3.54. The molecule has 0 aliphatic rings. The van der Waals surface area contributed by atoms with E-state index in [4.69, 9.17) is 0 Å². The highest BCUT2D eigenvalue weighted by Gasteiger charge is 2.18. The van der Waals surface area contributed by atoms with E-state index in [2.05, 4.69) is 19.7 Å². The van der Waals surface area contributed by atoms with Crippen LogP contribution in [0.15, 0.2) is 101 Å². The third-order valence-electron chi connectivity index (χ3n) is 5.00. The van der Waals surface area contributed by atoms with Gasteiger partial charge in [-0.05, 0) is 42.0 Å². The second-order valence-corrected chi connectivity index (χ2v) is 8.71. The topological polar surface area (TPSA) is 110 Å². The average molecular weight is 443 g/mol. The lowest BCUT2D eigenvalue weighted by Crippen LogP contribution is -2.13. The van der Waals surface area contributed by atoms with Crippen LogP contribution in [0.4, 0.5) is 5.82 Å². The summed E-state index contributed by atoms with van der Waals surface area (Å²) in [5.74, 6) is 0.240. The molecule has 0 fully saturated rings. The van der Waals surface area contributed by atoms with Gasteiger partial charge >= 0.3 is 0 Å². The van der Waals surface area contributed by atoms with Crippen molar-refractivity contribution in [3.05, 3.63) is 102 Å². The highest BCUT2D eigenvalue weighted by atomic mass is 32.2. The Balaban J connectivity index is 1.57.